The smallest absolute Gasteiger partial charge is 0.223 e. The minimum atomic E-state index is -0.417. The number of carbonyl (C=O) groups is 1. The first-order valence-electron chi connectivity index (χ1n) is 5.49. The number of halogens is 1. The zero-order valence-corrected chi connectivity index (χ0v) is 9.62. The summed E-state index contributed by atoms with van der Waals surface area (Å²) in [7, 11) is 0. The molecule has 0 aliphatic heterocycles. The van der Waals surface area contributed by atoms with Crippen LogP contribution in [0.4, 0.5) is 4.39 Å². The second kappa shape index (κ2) is 7.44. The second-order valence-electron chi connectivity index (χ2n) is 3.46. The van der Waals surface area contributed by atoms with E-state index in [1.165, 1.54) is 12.1 Å². The molecule has 0 fully saturated rings. The number of benzene rings is 1. The minimum Gasteiger partial charge on any atom is -0.490 e. The van der Waals surface area contributed by atoms with Gasteiger partial charge in [-0.25, -0.2) is 4.39 Å². The average molecular weight is 237 g/mol. The number of rotatable bonds is 7. The molecule has 0 aliphatic rings. The Morgan fingerprint density at radius 2 is 2.24 bits per heavy atom. The Kier molecular flexibility index (Phi) is 5.79. The number of ether oxygens (including phenoxy) is 1. The summed E-state index contributed by atoms with van der Waals surface area (Å²) in [6, 6.07) is 6.12. The third kappa shape index (κ3) is 5.15. The van der Waals surface area contributed by atoms with Crippen LogP contribution in [0.3, 0.4) is 0 Å². The fraction of sp³-hybridized carbons (Fsp3) is 0.308. The van der Waals surface area contributed by atoms with Crippen molar-refractivity contribution in [3.63, 3.8) is 0 Å². The van der Waals surface area contributed by atoms with E-state index in [0.717, 1.165) is 6.42 Å². The molecule has 0 atom stereocenters. The van der Waals surface area contributed by atoms with Crippen LogP contribution in [0, 0.1) is 5.82 Å². The van der Waals surface area contributed by atoms with Crippen molar-refractivity contribution in [2.75, 3.05) is 13.2 Å². The number of para-hydroxylation sites is 1. The van der Waals surface area contributed by atoms with E-state index >= 15 is 0 Å². The monoisotopic (exact) mass is 237 g/mol. The molecule has 1 amide bonds. The topological polar surface area (TPSA) is 38.3 Å². The fourth-order valence-corrected chi connectivity index (χ4v) is 1.22. The van der Waals surface area contributed by atoms with E-state index < -0.39 is 5.82 Å². The third-order valence-electron chi connectivity index (χ3n) is 2.09. The maximum absolute atomic E-state index is 13.1. The van der Waals surface area contributed by atoms with Crippen LogP contribution < -0.4 is 10.1 Å². The first kappa shape index (κ1) is 13.2. The number of carbonyl (C=O) groups excluding carboxylic acids is 1. The summed E-state index contributed by atoms with van der Waals surface area (Å²) in [6.07, 6.45) is 2.68. The first-order valence-corrected chi connectivity index (χ1v) is 5.49. The Bertz CT molecular complexity index is 379. The molecule has 1 N–H and O–H groups in total. The summed E-state index contributed by atoms with van der Waals surface area (Å²) in [5.41, 5.74) is 0. The van der Waals surface area contributed by atoms with E-state index in [4.69, 9.17) is 4.74 Å². The average Bonchev–Trinajstić information content (AvgIpc) is 2.32. The van der Waals surface area contributed by atoms with Crippen LogP contribution in [0.2, 0.25) is 0 Å². The molecule has 1 aromatic rings. The highest BCUT2D eigenvalue weighted by molar-refractivity contribution is 5.75. The van der Waals surface area contributed by atoms with Crippen molar-refractivity contribution >= 4 is 5.91 Å². The van der Waals surface area contributed by atoms with Gasteiger partial charge >= 0.3 is 0 Å². The molecule has 0 heterocycles. The Labute approximate surface area is 100 Å². The number of nitrogens with one attached hydrogen (secondary N) is 1. The van der Waals surface area contributed by atoms with E-state index in [9.17, 15) is 9.18 Å². The van der Waals surface area contributed by atoms with Crippen LogP contribution in [0.25, 0.3) is 0 Å². The van der Waals surface area contributed by atoms with E-state index in [1.54, 1.807) is 18.2 Å². The quantitative estimate of drug-likeness (QED) is 0.583. The molecule has 0 aliphatic carbocycles. The third-order valence-corrected chi connectivity index (χ3v) is 2.09. The zero-order chi connectivity index (χ0) is 12.5. The highest BCUT2D eigenvalue weighted by Gasteiger charge is 2.03. The summed E-state index contributed by atoms with van der Waals surface area (Å²) in [4.78, 5) is 11.3. The van der Waals surface area contributed by atoms with Crippen LogP contribution in [0.1, 0.15) is 12.8 Å². The van der Waals surface area contributed by atoms with Crippen LogP contribution in [-0.4, -0.2) is 19.1 Å². The van der Waals surface area contributed by atoms with E-state index in [1.807, 2.05) is 0 Å². The molecule has 3 nitrogen and oxygen atoms in total. The molecular formula is C13H16FNO2. The van der Waals surface area contributed by atoms with Gasteiger partial charge in [0.15, 0.2) is 11.6 Å². The van der Waals surface area contributed by atoms with Crippen LogP contribution in [0.5, 0.6) is 5.75 Å². The van der Waals surface area contributed by atoms with E-state index in [0.29, 0.717) is 6.54 Å². The molecule has 92 valence electrons. The lowest BCUT2D eigenvalue weighted by Gasteiger charge is -2.07. The lowest BCUT2D eigenvalue weighted by Crippen LogP contribution is -2.25. The summed E-state index contributed by atoms with van der Waals surface area (Å²) in [5, 5.41) is 2.70. The Morgan fingerprint density at radius 3 is 2.94 bits per heavy atom. The Morgan fingerprint density at radius 1 is 1.47 bits per heavy atom. The van der Waals surface area contributed by atoms with Gasteiger partial charge in [-0.1, -0.05) is 18.2 Å². The standard InChI is InChI=1S/C13H16FNO2/c1-2-3-9-15-13(16)8-10-17-12-7-5-4-6-11(12)14/h2,4-7H,1,3,8-10H2,(H,15,16). The molecule has 0 unspecified atom stereocenters. The van der Waals surface area contributed by atoms with Gasteiger partial charge in [-0.15, -0.1) is 6.58 Å². The van der Waals surface area contributed by atoms with Crippen molar-refractivity contribution in [1.82, 2.24) is 5.32 Å². The maximum Gasteiger partial charge on any atom is 0.223 e. The van der Waals surface area contributed by atoms with Crippen LogP contribution in [-0.2, 0) is 4.79 Å². The molecule has 0 aromatic heterocycles. The van der Waals surface area contributed by atoms with Gasteiger partial charge < -0.3 is 10.1 Å². The number of hydrogen-bond acceptors (Lipinski definition) is 2. The van der Waals surface area contributed by atoms with Crippen molar-refractivity contribution < 1.29 is 13.9 Å². The molecular weight excluding hydrogens is 221 g/mol. The van der Waals surface area contributed by atoms with Gasteiger partial charge in [-0.3, -0.25) is 4.79 Å². The Hall–Kier alpha value is -1.84. The second-order valence-corrected chi connectivity index (χ2v) is 3.46. The lowest BCUT2D eigenvalue weighted by atomic mass is 10.3. The van der Waals surface area contributed by atoms with Crippen LogP contribution >= 0.6 is 0 Å². The van der Waals surface area contributed by atoms with Gasteiger partial charge in [0.2, 0.25) is 5.91 Å². The summed E-state index contributed by atoms with van der Waals surface area (Å²) >= 11 is 0. The molecule has 0 spiro atoms. The van der Waals surface area contributed by atoms with Crippen molar-refractivity contribution in [2.45, 2.75) is 12.8 Å². The van der Waals surface area contributed by atoms with Crippen molar-refractivity contribution in [3.05, 3.63) is 42.7 Å². The van der Waals surface area contributed by atoms with E-state index in [-0.39, 0.29) is 24.7 Å². The first-order chi connectivity index (χ1) is 8.24. The van der Waals surface area contributed by atoms with Crippen molar-refractivity contribution in [2.24, 2.45) is 0 Å². The van der Waals surface area contributed by atoms with Crippen molar-refractivity contribution in [3.8, 4) is 5.75 Å². The van der Waals surface area contributed by atoms with Gasteiger partial charge in [0.1, 0.15) is 0 Å². The molecule has 4 heteroatoms. The highest BCUT2D eigenvalue weighted by Crippen LogP contribution is 2.15. The molecule has 0 saturated carbocycles. The van der Waals surface area contributed by atoms with Crippen LogP contribution in [0.15, 0.2) is 36.9 Å². The normalized spacial score (nSPS) is 9.71. The summed E-state index contributed by atoms with van der Waals surface area (Å²) < 4.78 is 18.3. The Balaban J connectivity index is 2.21. The number of hydrogen-bond donors (Lipinski definition) is 1. The van der Waals surface area contributed by atoms with Crippen molar-refractivity contribution in [1.29, 1.82) is 0 Å². The van der Waals surface area contributed by atoms with Gasteiger partial charge in [-0.05, 0) is 18.6 Å². The predicted octanol–water partition coefficient (Wildman–Crippen LogP) is 2.29. The molecule has 0 bridgehead atoms. The SMILES string of the molecule is C=CCCNC(=O)CCOc1ccccc1F. The van der Waals surface area contributed by atoms with Gasteiger partial charge in [0.25, 0.3) is 0 Å². The minimum absolute atomic E-state index is 0.108. The van der Waals surface area contributed by atoms with Gasteiger partial charge in [0.05, 0.1) is 13.0 Å². The van der Waals surface area contributed by atoms with E-state index in [2.05, 4.69) is 11.9 Å². The summed E-state index contributed by atoms with van der Waals surface area (Å²) in [6.45, 7) is 4.29. The number of amides is 1. The molecule has 0 saturated heterocycles. The lowest BCUT2D eigenvalue weighted by molar-refractivity contribution is -0.121. The molecule has 17 heavy (non-hydrogen) atoms. The fourth-order valence-electron chi connectivity index (χ4n) is 1.22. The summed E-state index contributed by atoms with van der Waals surface area (Å²) in [5.74, 6) is -0.353. The predicted molar refractivity (Wildman–Crippen MR) is 64.3 cm³/mol. The maximum atomic E-state index is 13.1. The molecule has 1 rings (SSSR count). The van der Waals surface area contributed by atoms with Gasteiger partial charge in [0, 0.05) is 6.54 Å². The molecule has 0 radical (unpaired) electrons. The zero-order valence-electron chi connectivity index (χ0n) is 9.62. The largest absolute Gasteiger partial charge is 0.490 e. The van der Waals surface area contributed by atoms with Gasteiger partial charge in [-0.2, -0.15) is 0 Å². The molecule has 1 aromatic carbocycles. The highest BCUT2D eigenvalue weighted by atomic mass is 19.1.